The van der Waals surface area contributed by atoms with Gasteiger partial charge in [0.2, 0.25) is 0 Å². The van der Waals surface area contributed by atoms with E-state index in [1.807, 2.05) is 0 Å². The summed E-state index contributed by atoms with van der Waals surface area (Å²) in [5, 5.41) is 0. The summed E-state index contributed by atoms with van der Waals surface area (Å²) in [6.07, 6.45) is 6.11. The molecule has 2 aliphatic heterocycles. The highest BCUT2D eigenvalue weighted by atomic mass is 15.2. The summed E-state index contributed by atoms with van der Waals surface area (Å²) in [6, 6.07) is 1.05. The molecule has 3 aliphatic rings. The number of fused-ring (bicyclic) bond motifs is 3. The van der Waals surface area contributed by atoms with Crippen LogP contribution in [-0.4, -0.2) is 24.0 Å². The van der Waals surface area contributed by atoms with Gasteiger partial charge in [-0.15, -0.1) is 0 Å². The molecule has 0 aromatic carbocycles. The minimum absolute atomic E-state index is 1.05. The SMILES string of the molecule is C1CC2CC2C2CCN2C1. The number of nitrogens with zero attached hydrogens (tertiary/aromatic N) is 1. The van der Waals surface area contributed by atoms with Crippen LogP contribution in [0.15, 0.2) is 0 Å². The van der Waals surface area contributed by atoms with Gasteiger partial charge >= 0.3 is 0 Å². The van der Waals surface area contributed by atoms with E-state index < -0.39 is 0 Å². The maximum absolute atomic E-state index is 2.71. The molecule has 0 N–H and O–H groups in total. The van der Waals surface area contributed by atoms with E-state index in [4.69, 9.17) is 0 Å². The fourth-order valence-electron chi connectivity index (χ4n) is 2.85. The topological polar surface area (TPSA) is 3.24 Å². The first-order valence-electron chi connectivity index (χ1n) is 4.69. The predicted octanol–water partition coefficient (Wildman–Crippen LogP) is 1.49. The molecule has 1 heteroatoms. The van der Waals surface area contributed by atoms with Gasteiger partial charge in [-0.1, -0.05) is 0 Å². The molecule has 0 bridgehead atoms. The Kier molecular flexibility index (Phi) is 0.984. The van der Waals surface area contributed by atoms with Crippen LogP contribution in [0.25, 0.3) is 0 Å². The first-order chi connectivity index (χ1) is 4.95. The van der Waals surface area contributed by atoms with Crippen LogP contribution < -0.4 is 0 Å². The normalized spacial score (nSPS) is 52.2. The lowest BCUT2D eigenvalue weighted by molar-refractivity contribution is 0.0795. The quantitative estimate of drug-likeness (QED) is 0.489. The lowest BCUT2D eigenvalue weighted by Gasteiger charge is -2.40. The summed E-state index contributed by atoms with van der Waals surface area (Å²) in [6.45, 7) is 2.82. The summed E-state index contributed by atoms with van der Waals surface area (Å²) in [4.78, 5) is 2.71. The number of hydrogen-bond acceptors (Lipinski definition) is 1. The Hall–Kier alpha value is -0.0400. The third-order valence-electron chi connectivity index (χ3n) is 3.67. The van der Waals surface area contributed by atoms with Gasteiger partial charge in [-0.25, -0.2) is 0 Å². The zero-order valence-corrected chi connectivity index (χ0v) is 6.42. The standard InChI is InChI=1S/C9H15N/c1-2-7-6-8(7)9-3-5-10(9)4-1/h7-9H,1-6H2. The van der Waals surface area contributed by atoms with Crippen LogP contribution in [0.3, 0.4) is 0 Å². The molecule has 2 heterocycles. The molecule has 3 rings (SSSR count). The Morgan fingerprint density at radius 3 is 2.90 bits per heavy atom. The number of hydrogen-bond donors (Lipinski definition) is 0. The van der Waals surface area contributed by atoms with Crippen LogP contribution in [0.1, 0.15) is 25.7 Å². The van der Waals surface area contributed by atoms with Gasteiger partial charge in [0.05, 0.1) is 0 Å². The summed E-state index contributed by atoms with van der Waals surface area (Å²) in [5.74, 6) is 2.31. The van der Waals surface area contributed by atoms with Crippen molar-refractivity contribution in [1.82, 2.24) is 4.90 Å². The molecule has 10 heavy (non-hydrogen) atoms. The Labute approximate surface area is 62.4 Å². The second-order valence-corrected chi connectivity index (χ2v) is 4.19. The molecule has 0 aromatic rings. The van der Waals surface area contributed by atoms with E-state index in [0.717, 1.165) is 17.9 Å². The highest BCUT2D eigenvalue weighted by molar-refractivity contribution is 5.02. The molecule has 0 aromatic heterocycles. The van der Waals surface area contributed by atoms with E-state index in [1.54, 1.807) is 6.42 Å². The highest BCUT2D eigenvalue weighted by Crippen LogP contribution is 2.51. The summed E-state index contributed by atoms with van der Waals surface area (Å²) in [7, 11) is 0. The molecule has 2 saturated heterocycles. The minimum Gasteiger partial charge on any atom is -0.300 e. The maximum Gasteiger partial charge on any atom is 0.0138 e. The smallest absolute Gasteiger partial charge is 0.0138 e. The maximum atomic E-state index is 2.71. The highest BCUT2D eigenvalue weighted by Gasteiger charge is 2.49. The first kappa shape index (κ1) is 5.59. The first-order valence-corrected chi connectivity index (χ1v) is 4.69. The van der Waals surface area contributed by atoms with E-state index in [-0.39, 0.29) is 0 Å². The molecule has 56 valence electrons. The second-order valence-electron chi connectivity index (χ2n) is 4.19. The third kappa shape index (κ3) is 0.619. The van der Waals surface area contributed by atoms with Gasteiger partial charge in [-0.2, -0.15) is 0 Å². The second kappa shape index (κ2) is 1.76. The van der Waals surface area contributed by atoms with Crippen molar-refractivity contribution in [3.05, 3.63) is 0 Å². The van der Waals surface area contributed by atoms with Gasteiger partial charge in [-0.3, -0.25) is 4.90 Å². The van der Waals surface area contributed by atoms with Crippen molar-refractivity contribution in [1.29, 1.82) is 0 Å². The average Bonchev–Trinajstić information content (AvgIpc) is 2.56. The van der Waals surface area contributed by atoms with Crippen molar-refractivity contribution >= 4 is 0 Å². The minimum atomic E-state index is 1.05. The van der Waals surface area contributed by atoms with Crippen molar-refractivity contribution in [2.75, 3.05) is 13.1 Å². The molecule has 1 aliphatic carbocycles. The van der Waals surface area contributed by atoms with Gasteiger partial charge in [-0.05, 0) is 50.6 Å². The zero-order chi connectivity index (χ0) is 6.55. The number of rotatable bonds is 0. The van der Waals surface area contributed by atoms with Crippen LogP contribution in [0.5, 0.6) is 0 Å². The van der Waals surface area contributed by atoms with E-state index in [0.29, 0.717) is 0 Å². The van der Waals surface area contributed by atoms with E-state index in [9.17, 15) is 0 Å². The lowest BCUT2D eigenvalue weighted by Crippen LogP contribution is -2.48. The van der Waals surface area contributed by atoms with Gasteiger partial charge in [0.1, 0.15) is 0 Å². The van der Waals surface area contributed by atoms with Gasteiger partial charge in [0.25, 0.3) is 0 Å². The van der Waals surface area contributed by atoms with Gasteiger partial charge in [0, 0.05) is 6.04 Å². The Balaban J connectivity index is 1.79. The molecule has 0 radical (unpaired) electrons. The van der Waals surface area contributed by atoms with Gasteiger partial charge in [0.15, 0.2) is 0 Å². The van der Waals surface area contributed by atoms with Crippen LogP contribution in [0.4, 0.5) is 0 Å². The van der Waals surface area contributed by atoms with Crippen LogP contribution in [-0.2, 0) is 0 Å². The van der Waals surface area contributed by atoms with Crippen molar-refractivity contribution < 1.29 is 0 Å². The Bertz CT molecular complexity index is 153. The molecule has 3 unspecified atom stereocenters. The molecule has 0 spiro atoms. The Morgan fingerprint density at radius 1 is 1.10 bits per heavy atom. The fraction of sp³-hybridized carbons (Fsp3) is 1.00. The van der Waals surface area contributed by atoms with Crippen LogP contribution >= 0.6 is 0 Å². The van der Waals surface area contributed by atoms with E-state index in [1.165, 1.54) is 32.4 Å². The molecular weight excluding hydrogens is 122 g/mol. The molecule has 1 saturated carbocycles. The van der Waals surface area contributed by atoms with E-state index >= 15 is 0 Å². The zero-order valence-electron chi connectivity index (χ0n) is 6.42. The summed E-state index contributed by atoms with van der Waals surface area (Å²) in [5.41, 5.74) is 0. The predicted molar refractivity (Wildman–Crippen MR) is 40.8 cm³/mol. The van der Waals surface area contributed by atoms with Crippen molar-refractivity contribution in [3.8, 4) is 0 Å². The summed E-state index contributed by atoms with van der Waals surface area (Å²) >= 11 is 0. The molecular formula is C9H15N. The summed E-state index contributed by atoms with van der Waals surface area (Å²) < 4.78 is 0. The molecule has 1 nitrogen and oxygen atoms in total. The average molecular weight is 137 g/mol. The fourth-order valence-corrected chi connectivity index (χ4v) is 2.85. The largest absolute Gasteiger partial charge is 0.300 e. The van der Waals surface area contributed by atoms with Crippen LogP contribution in [0.2, 0.25) is 0 Å². The monoisotopic (exact) mass is 137 g/mol. The lowest BCUT2D eigenvalue weighted by atomic mass is 9.98. The van der Waals surface area contributed by atoms with Crippen molar-refractivity contribution in [2.45, 2.75) is 31.7 Å². The van der Waals surface area contributed by atoms with Gasteiger partial charge < -0.3 is 0 Å². The molecule has 3 fully saturated rings. The Morgan fingerprint density at radius 2 is 2.10 bits per heavy atom. The molecule has 3 atom stereocenters. The van der Waals surface area contributed by atoms with E-state index in [2.05, 4.69) is 4.90 Å². The third-order valence-corrected chi connectivity index (χ3v) is 3.67. The molecule has 0 amide bonds. The van der Waals surface area contributed by atoms with Crippen LogP contribution in [0, 0.1) is 11.8 Å². The van der Waals surface area contributed by atoms with Crippen molar-refractivity contribution in [3.63, 3.8) is 0 Å². The van der Waals surface area contributed by atoms with Crippen molar-refractivity contribution in [2.24, 2.45) is 11.8 Å².